The molecule has 1 aliphatic carbocycles. The topological polar surface area (TPSA) is 51.2 Å². The molecule has 0 amide bonds. The van der Waals surface area contributed by atoms with Crippen molar-refractivity contribution in [1.29, 1.82) is 0 Å². The van der Waals surface area contributed by atoms with Crippen LogP contribution < -0.4 is 14.2 Å². The lowest BCUT2D eigenvalue weighted by molar-refractivity contribution is -0.126. The van der Waals surface area contributed by atoms with E-state index in [4.69, 9.17) is 14.2 Å². The number of benzene rings is 2. The third-order valence-electron chi connectivity index (χ3n) is 7.21. The van der Waals surface area contributed by atoms with Crippen LogP contribution in [0.1, 0.15) is 54.8 Å². The predicted octanol–water partition coefficient (Wildman–Crippen LogP) is 4.89. The summed E-state index contributed by atoms with van der Waals surface area (Å²) in [6, 6.07) is 13.0. The average Bonchev–Trinajstić information content (AvgIpc) is 2.79. The Hall–Kier alpha value is -2.24. The molecule has 4 rings (SSSR count). The third kappa shape index (κ3) is 4.26. The molecule has 1 heterocycles. The van der Waals surface area contributed by atoms with E-state index in [1.165, 1.54) is 11.1 Å². The second kappa shape index (κ2) is 9.09. The van der Waals surface area contributed by atoms with E-state index in [2.05, 4.69) is 48.2 Å². The van der Waals surface area contributed by atoms with Crippen LogP contribution in [0.5, 0.6) is 17.2 Å². The fraction of sp³-hybridized carbons (Fsp3) is 0.538. The van der Waals surface area contributed by atoms with Crippen LogP contribution in [0.3, 0.4) is 0 Å². The standard InChI is InChI=1S/C26H35NO4/c1-18-8-10-19(11-9-18)17-27-14-13-26(28)12-6-5-7-21(26)24(27)20-15-22(29-2)25(31-4)23(16-20)30-3/h8-11,15-16,21,24,28H,5-7,12-14,17H2,1-4H3/t21-,24-,26+/m0/s1. The minimum atomic E-state index is -0.604. The summed E-state index contributed by atoms with van der Waals surface area (Å²) in [5, 5.41) is 11.6. The Labute approximate surface area is 185 Å². The van der Waals surface area contributed by atoms with Gasteiger partial charge in [0.25, 0.3) is 0 Å². The van der Waals surface area contributed by atoms with Crippen LogP contribution in [0, 0.1) is 12.8 Å². The number of aliphatic hydroxyl groups is 1. The van der Waals surface area contributed by atoms with E-state index in [1.807, 2.05) is 0 Å². The molecule has 2 aliphatic rings. The zero-order valence-electron chi connectivity index (χ0n) is 19.2. The number of hydrogen-bond donors (Lipinski definition) is 1. The molecule has 2 fully saturated rings. The van der Waals surface area contributed by atoms with Crippen LogP contribution in [-0.2, 0) is 6.54 Å². The van der Waals surface area contributed by atoms with E-state index >= 15 is 0 Å². The van der Waals surface area contributed by atoms with Gasteiger partial charge in [0.2, 0.25) is 5.75 Å². The number of ether oxygens (including phenoxy) is 3. The molecule has 2 aromatic rings. The number of hydrogen-bond acceptors (Lipinski definition) is 5. The molecular weight excluding hydrogens is 390 g/mol. The smallest absolute Gasteiger partial charge is 0.203 e. The van der Waals surface area contributed by atoms with E-state index in [0.717, 1.165) is 50.8 Å². The Kier molecular flexibility index (Phi) is 6.44. The summed E-state index contributed by atoms with van der Waals surface area (Å²) >= 11 is 0. The Morgan fingerprint density at radius 2 is 1.65 bits per heavy atom. The fourth-order valence-corrected chi connectivity index (χ4v) is 5.56. The molecule has 0 aromatic heterocycles. The largest absolute Gasteiger partial charge is 0.493 e. The maximum atomic E-state index is 11.6. The van der Waals surface area contributed by atoms with E-state index in [-0.39, 0.29) is 12.0 Å². The Morgan fingerprint density at radius 3 is 2.26 bits per heavy atom. The lowest BCUT2D eigenvalue weighted by Gasteiger charge is -2.53. The quantitative estimate of drug-likeness (QED) is 0.714. The third-order valence-corrected chi connectivity index (χ3v) is 7.21. The van der Waals surface area contributed by atoms with Crippen molar-refractivity contribution in [2.45, 2.75) is 57.2 Å². The summed E-state index contributed by atoms with van der Waals surface area (Å²) < 4.78 is 16.9. The maximum absolute atomic E-state index is 11.6. The van der Waals surface area contributed by atoms with Gasteiger partial charge in [-0.3, -0.25) is 4.90 Å². The summed E-state index contributed by atoms with van der Waals surface area (Å²) in [5.74, 6) is 2.12. The fourth-order valence-electron chi connectivity index (χ4n) is 5.56. The van der Waals surface area contributed by atoms with Gasteiger partial charge in [0.1, 0.15) is 0 Å². The molecule has 5 nitrogen and oxygen atoms in total. The van der Waals surface area contributed by atoms with Crippen molar-refractivity contribution < 1.29 is 19.3 Å². The first-order chi connectivity index (χ1) is 15.0. The number of methoxy groups -OCH3 is 3. The van der Waals surface area contributed by atoms with Crippen molar-refractivity contribution in [2.75, 3.05) is 27.9 Å². The number of fused-ring (bicyclic) bond motifs is 1. The maximum Gasteiger partial charge on any atom is 0.203 e. The zero-order chi connectivity index (χ0) is 22.0. The minimum Gasteiger partial charge on any atom is -0.493 e. The summed E-state index contributed by atoms with van der Waals surface area (Å²) in [5.41, 5.74) is 3.08. The van der Waals surface area contributed by atoms with Crippen LogP contribution in [-0.4, -0.2) is 43.5 Å². The highest BCUT2D eigenvalue weighted by molar-refractivity contribution is 5.54. The van der Waals surface area contributed by atoms with E-state index < -0.39 is 5.60 Å². The van der Waals surface area contributed by atoms with E-state index in [9.17, 15) is 5.11 Å². The Balaban J connectivity index is 1.77. The van der Waals surface area contributed by atoms with Gasteiger partial charge in [-0.25, -0.2) is 0 Å². The SMILES string of the molecule is COc1cc([C@H]2[C@@H]3CCCC[C@@]3(O)CCN2Cc2ccc(C)cc2)cc(OC)c1OC. The van der Waals surface area contributed by atoms with Crippen LogP contribution >= 0.6 is 0 Å². The normalized spacial score (nSPS) is 26.2. The van der Waals surface area contributed by atoms with E-state index in [0.29, 0.717) is 17.2 Å². The molecule has 1 saturated carbocycles. The molecule has 0 bridgehead atoms. The number of nitrogens with zero attached hydrogens (tertiary/aromatic N) is 1. The van der Waals surface area contributed by atoms with Crippen molar-refractivity contribution in [2.24, 2.45) is 5.92 Å². The monoisotopic (exact) mass is 425 g/mol. The van der Waals surface area contributed by atoms with Gasteiger partial charge in [-0.1, -0.05) is 42.7 Å². The number of piperidine rings is 1. The highest BCUT2D eigenvalue weighted by atomic mass is 16.5. The molecule has 1 saturated heterocycles. The van der Waals surface area contributed by atoms with Crippen LogP contribution in [0.25, 0.3) is 0 Å². The van der Waals surface area contributed by atoms with Crippen LogP contribution in [0.2, 0.25) is 0 Å². The second-order valence-corrected chi connectivity index (χ2v) is 9.07. The van der Waals surface area contributed by atoms with Gasteiger partial charge in [0.05, 0.1) is 26.9 Å². The first-order valence-electron chi connectivity index (χ1n) is 11.3. The molecule has 1 N–H and O–H groups in total. The molecule has 2 aromatic carbocycles. The number of likely N-dealkylation sites (tertiary alicyclic amines) is 1. The summed E-state index contributed by atoms with van der Waals surface area (Å²) in [4.78, 5) is 2.52. The minimum absolute atomic E-state index is 0.0917. The second-order valence-electron chi connectivity index (χ2n) is 9.07. The lowest BCUT2D eigenvalue weighted by atomic mass is 9.66. The average molecular weight is 426 g/mol. The van der Waals surface area contributed by atoms with Crippen LogP contribution in [0.15, 0.2) is 36.4 Å². The molecule has 0 radical (unpaired) electrons. The molecular formula is C26H35NO4. The van der Waals surface area contributed by atoms with Crippen LogP contribution in [0.4, 0.5) is 0 Å². The number of aryl methyl sites for hydroxylation is 1. The van der Waals surface area contributed by atoms with Crippen molar-refractivity contribution in [1.82, 2.24) is 4.90 Å². The molecule has 3 atom stereocenters. The Bertz CT molecular complexity index is 872. The van der Waals surface area contributed by atoms with Gasteiger partial charge in [-0.15, -0.1) is 0 Å². The van der Waals surface area contributed by atoms with Crippen molar-refractivity contribution in [3.63, 3.8) is 0 Å². The van der Waals surface area contributed by atoms with Gasteiger partial charge >= 0.3 is 0 Å². The summed E-state index contributed by atoms with van der Waals surface area (Å²) in [7, 11) is 4.94. The zero-order valence-corrected chi connectivity index (χ0v) is 19.2. The molecule has 0 unspecified atom stereocenters. The molecule has 5 heteroatoms. The van der Waals surface area contributed by atoms with Gasteiger partial charge in [-0.2, -0.15) is 0 Å². The molecule has 0 spiro atoms. The first-order valence-corrected chi connectivity index (χ1v) is 11.3. The van der Waals surface area contributed by atoms with E-state index in [1.54, 1.807) is 21.3 Å². The molecule has 31 heavy (non-hydrogen) atoms. The summed E-state index contributed by atoms with van der Waals surface area (Å²) in [6.45, 7) is 3.84. The highest BCUT2D eigenvalue weighted by Gasteiger charge is 2.49. The molecule has 168 valence electrons. The highest BCUT2D eigenvalue weighted by Crippen LogP contribution is 2.51. The van der Waals surface area contributed by atoms with Crippen molar-refractivity contribution in [3.8, 4) is 17.2 Å². The lowest BCUT2D eigenvalue weighted by Crippen LogP contribution is -2.54. The van der Waals surface area contributed by atoms with Gasteiger partial charge in [0.15, 0.2) is 11.5 Å². The van der Waals surface area contributed by atoms with Gasteiger partial charge in [0, 0.05) is 25.0 Å². The first kappa shape index (κ1) is 22.0. The Morgan fingerprint density at radius 1 is 0.968 bits per heavy atom. The summed E-state index contributed by atoms with van der Waals surface area (Å²) in [6.07, 6.45) is 5.00. The van der Waals surface area contributed by atoms with Gasteiger partial charge < -0.3 is 19.3 Å². The molecule has 1 aliphatic heterocycles. The number of rotatable bonds is 6. The van der Waals surface area contributed by atoms with Crippen molar-refractivity contribution in [3.05, 3.63) is 53.1 Å². The van der Waals surface area contributed by atoms with Crippen molar-refractivity contribution >= 4 is 0 Å². The van der Waals surface area contributed by atoms with Gasteiger partial charge in [-0.05, 0) is 49.4 Å². The predicted molar refractivity (Wildman–Crippen MR) is 122 cm³/mol.